The molecule has 3 nitrogen and oxygen atoms in total. The van der Waals surface area contributed by atoms with Crippen LogP contribution >= 0.6 is 0 Å². The minimum absolute atomic E-state index is 0.0305. The highest BCUT2D eigenvalue weighted by Crippen LogP contribution is 2.63. The van der Waals surface area contributed by atoms with E-state index in [1.165, 1.54) is 19.3 Å². The highest BCUT2D eigenvalue weighted by Gasteiger charge is 2.59. The number of nitrogens with one attached hydrogen (secondary N) is 2. The van der Waals surface area contributed by atoms with Crippen molar-refractivity contribution in [3.05, 3.63) is 29.8 Å². The molecule has 0 aromatic heterocycles. The lowest BCUT2D eigenvalue weighted by atomic mass is 9.68. The van der Waals surface area contributed by atoms with E-state index in [-0.39, 0.29) is 5.91 Å². The van der Waals surface area contributed by atoms with Gasteiger partial charge < -0.3 is 10.6 Å². The van der Waals surface area contributed by atoms with E-state index in [1.807, 2.05) is 18.2 Å². The van der Waals surface area contributed by atoms with Gasteiger partial charge >= 0.3 is 0 Å². The molecule has 2 N–H and O–H groups in total. The van der Waals surface area contributed by atoms with Crippen LogP contribution in [0.3, 0.4) is 0 Å². The molecule has 1 aromatic carbocycles. The van der Waals surface area contributed by atoms with Crippen molar-refractivity contribution in [2.45, 2.75) is 46.1 Å². The molecular formula is C18H26N2O. The van der Waals surface area contributed by atoms with E-state index in [9.17, 15) is 4.79 Å². The molecule has 0 saturated heterocycles. The van der Waals surface area contributed by atoms with Crippen LogP contribution < -0.4 is 10.6 Å². The Morgan fingerprint density at radius 3 is 2.67 bits per heavy atom. The first-order chi connectivity index (χ1) is 9.87. The third kappa shape index (κ3) is 2.23. The number of carbonyl (C=O) groups is 1. The first kappa shape index (κ1) is 14.4. The zero-order valence-corrected chi connectivity index (χ0v) is 13.5. The summed E-state index contributed by atoms with van der Waals surface area (Å²) < 4.78 is 0. The number of benzene rings is 1. The first-order valence-electron chi connectivity index (χ1n) is 7.95. The molecule has 2 fully saturated rings. The molecule has 3 heteroatoms. The molecule has 2 bridgehead atoms. The van der Waals surface area contributed by atoms with Crippen LogP contribution in [0.5, 0.6) is 0 Å². The van der Waals surface area contributed by atoms with E-state index >= 15 is 0 Å². The average molecular weight is 286 g/mol. The van der Waals surface area contributed by atoms with Crippen molar-refractivity contribution < 1.29 is 4.79 Å². The molecule has 0 radical (unpaired) electrons. The Kier molecular flexibility index (Phi) is 3.27. The van der Waals surface area contributed by atoms with Crippen molar-refractivity contribution in [2.75, 3.05) is 12.4 Å². The SMILES string of the molecule is CNC(=O)c1cccc(NC2C3(C)CCC(C3)C2(C)C)c1. The number of hydrogen-bond acceptors (Lipinski definition) is 2. The van der Waals surface area contributed by atoms with Gasteiger partial charge in [0.15, 0.2) is 0 Å². The van der Waals surface area contributed by atoms with Gasteiger partial charge in [0.2, 0.25) is 0 Å². The summed E-state index contributed by atoms with van der Waals surface area (Å²) in [4.78, 5) is 11.8. The van der Waals surface area contributed by atoms with Gasteiger partial charge in [-0.1, -0.05) is 26.8 Å². The van der Waals surface area contributed by atoms with Gasteiger partial charge in [-0.15, -0.1) is 0 Å². The van der Waals surface area contributed by atoms with Crippen molar-refractivity contribution in [3.63, 3.8) is 0 Å². The van der Waals surface area contributed by atoms with Crippen LogP contribution in [0.4, 0.5) is 5.69 Å². The smallest absolute Gasteiger partial charge is 0.251 e. The van der Waals surface area contributed by atoms with Gasteiger partial charge in [-0.25, -0.2) is 0 Å². The standard InChI is InChI=1S/C18H26N2O/c1-17(2)13-8-9-18(3,11-13)16(17)20-14-7-5-6-12(10-14)15(21)19-4/h5-7,10,13,16,20H,8-9,11H2,1-4H3,(H,19,21). The van der Waals surface area contributed by atoms with E-state index in [0.29, 0.717) is 22.4 Å². The summed E-state index contributed by atoms with van der Waals surface area (Å²) in [7, 11) is 1.67. The van der Waals surface area contributed by atoms with Crippen LogP contribution in [0.1, 0.15) is 50.4 Å². The Morgan fingerprint density at radius 2 is 2.05 bits per heavy atom. The van der Waals surface area contributed by atoms with E-state index < -0.39 is 0 Å². The molecule has 0 aliphatic heterocycles. The Hall–Kier alpha value is -1.51. The lowest BCUT2D eigenvalue weighted by Crippen LogP contribution is -2.45. The molecule has 1 amide bonds. The second-order valence-electron chi connectivity index (χ2n) is 7.65. The summed E-state index contributed by atoms with van der Waals surface area (Å²) in [6.07, 6.45) is 4.00. The molecule has 114 valence electrons. The molecule has 0 heterocycles. The molecule has 21 heavy (non-hydrogen) atoms. The second kappa shape index (κ2) is 4.75. The van der Waals surface area contributed by atoms with E-state index in [2.05, 4.69) is 37.5 Å². The number of carbonyl (C=O) groups excluding carboxylic acids is 1. The topological polar surface area (TPSA) is 41.1 Å². The maximum Gasteiger partial charge on any atom is 0.251 e. The van der Waals surface area contributed by atoms with Crippen molar-refractivity contribution >= 4 is 11.6 Å². The monoisotopic (exact) mass is 286 g/mol. The lowest BCUT2D eigenvalue weighted by molar-refractivity contribution is 0.0963. The minimum Gasteiger partial charge on any atom is -0.381 e. The van der Waals surface area contributed by atoms with Gasteiger partial charge in [0.1, 0.15) is 0 Å². The highest BCUT2D eigenvalue weighted by atomic mass is 16.1. The summed E-state index contributed by atoms with van der Waals surface area (Å²) in [5.74, 6) is 0.791. The Morgan fingerprint density at radius 1 is 1.29 bits per heavy atom. The summed E-state index contributed by atoms with van der Waals surface area (Å²) in [5, 5.41) is 6.43. The summed E-state index contributed by atoms with van der Waals surface area (Å²) >= 11 is 0. The average Bonchev–Trinajstić information content (AvgIpc) is 2.94. The van der Waals surface area contributed by atoms with Crippen LogP contribution in [0.2, 0.25) is 0 Å². The van der Waals surface area contributed by atoms with Crippen molar-refractivity contribution in [1.29, 1.82) is 0 Å². The molecule has 0 spiro atoms. The van der Waals surface area contributed by atoms with Gasteiger partial charge in [0, 0.05) is 24.3 Å². The molecule has 2 aliphatic carbocycles. The van der Waals surface area contributed by atoms with E-state index in [4.69, 9.17) is 0 Å². The second-order valence-corrected chi connectivity index (χ2v) is 7.65. The maximum atomic E-state index is 11.8. The van der Waals surface area contributed by atoms with Crippen LogP contribution in [0, 0.1) is 16.7 Å². The summed E-state index contributed by atoms with van der Waals surface area (Å²) in [6.45, 7) is 7.20. The van der Waals surface area contributed by atoms with Gasteiger partial charge in [-0.3, -0.25) is 4.79 Å². The summed E-state index contributed by atoms with van der Waals surface area (Å²) in [6, 6.07) is 8.32. The lowest BCUT2D eigenvalue weighted by Gasteiger charge is -2.43. The highest BCUT2D eigenvalue weighted by molar-refractivity contribution is 5.94. The largest absolute Gasteiger partial charge is 0.381 e. The molecule has 2 saturated carbocycles. The maximum absolute atomic E-state index is 11.8. The first-order valence-corrected chi connectivity index (χ1v) is 7.95. The minimum atomic E-state index is -0.0305. The predicted molar refractivity (Wildman–Crippen MR) is 86.5 cm³/mol. The predicted octanol–water partition coefficient (Wildman–Crippen LogP) is 3.67. The Labute approximate surface area is 127 Å². The molecule has 3 unspecified atom stereocenters. The fourth-order valence-electron chi connectivity index (χ4n) is 4.72. The number of anilines is 1. The quantitative estimate of drug-likeness (QED) is 0.890. The number of rotatable bonds is 3. The normalized spacial score (nSPS) is 33.0. The Balaban J connectivity index is 1.85. The third-order valence-corrected chi connectivity index (χ3v) is 5.93. The number of hydrogen-bond donors (Lipinski definition) is 2. The van der Waals surface area contributed by atoms with Gasteiger partial charge in [0.25, 0.3) is 5.91 Å². The zero-order valence-electron chi connectivity index (χ0n) is 13.5. The van der Waals surface area contributed by atoms with Gasteiger partial charge in [0.05, 0.1) is 0 Å². The van der Waals surface area contributed by atoms with Crippen molar-refractivity contribution in [2.24, 2.45) is 16.7 Å². The molecular weight excluding hydrogens is 260 g/mol. The van der Waals surface area contributed by atoms with Gasteiger partial charge in [-0.2, -0.15) is 0 Å². The number of fused-ring (bicyclic) bond motifs is 2. The van der Waals surface area contributed by atoms with Crippen LogP contribution in [-0.2, 0) is 0 Å². The van der Waals surface area contributed by atoms with E-state index in [0.717, 1.165) is 11.6 Å². The molecule has 2 aliphatic rings. The molecule has 1 aromatic rings. The van der Waals surface area contributed by atoms with Crippen LogP contribution in [-0.4, -0.2) is 19.0 Å². The zero-order chi connectivity index (χ0) is 15.3. The molecule has 3 atom stereocenters. The van der Waals surface area contributed by atoms with Crippen molar-refractivity contribution in [1.82, 2.24) is 5.32 Å². The number of amides is 1. The molecule has 3 rings (SSSR count). The fraction of sp³-hybridized carbons (Fsp3) is 0.611. The fourth-order valence-corrected chi connectivity index (χ4v) is 4.72. The van der Waals surface area contributed by atoms with Crippen molar-refractivity contribution in [3.8, 4) is 0 Å². The summed E-state index contributed by atoms with van der Waals surface area (Å²) in [5.41, 5.74) is 2.48. The van der Waals surface area contributed by atoms with Gasteiger partial charge in [-0.05, 0) is 54.2 Å². The third-order valence-electron chi connectivity index (χ3n) is 5.93. The van der Waals surface area contributed by atoms with Crippen LogP contribution in [0.15, 0.2) is 24.3 Å². The Bertz CT molecular complexity index is 561. The van der Waals surface area contributed by atoms with E-state index in [1.54, 1.807) is 7.05 Å². The van der Waals surface area contributed by atoms with Crippen LogP contribution in [0.25, 0.3) is 0 Å².